The van der Waals surface area contributed by atoms with Gasteiger partial charge in [0.2, 0.25) is 0 Å². The van der Waals surface area contributed by atoms with Crippen LogP contribution in [0.3, 0.4) is 0 Å². The molecule has 3 rings (SSSR count). The molecule has 112 valence electrons. The number of fused-ring (bicyclic) bond motifs is 1. The van der Waals surface area contributed by atoms with E-state index < -0.39 is 0 Å². The van der Waals surface area contributed by atoms with Gasteiger partial charge in [0.05, 0.1) is 17.3 Å². The molecule has 0 atom stereocenters. The van der Waals surface area contributed by atoms with E-state index in [4.69, 9.17) is 16.3 Å². The molecule has 0 radical (unpaired) electrons. The molecular formula is C15H12ClN3O2S. The molecule has 0 aliphatic heterocycles. The van der Waals surface area contributed by atoms with Crippen LogP contribution in [0.5, 0.6) is 5.75 Å². The van der Waals surface area contributed by atoms with Gasteiger partial charge in [0.1, 0.15) is 5.75 Å². The number of amides is 2. The van der Waals surface area contributed by atoms with E-state index in [9.17, 15) is 4.79 Å². The van der Waals surface area contributed by atoms with E-state index in [2.05, 4.69) is 15.6 Å². The average molecular weight is 334 g/mol. The van der Waals surface area contributed by atoms with E-state index in [1.165, 1.54) is 11.3 Å². The van der Waals surface area contributed by atoms with Crippen LogP contribution < -0.4 is 15.4 Å². The SMILES string of the molecule is COc1ccc2nc(NC(=O)Nc3cccc(Cl)c3)sc2c1. The lowest BCUT2D eigenvalue weighted by Gasteiger charge is -2.05. The van der Waals surface area contributed by atoms with E-state index >= 15 is 0 Å². The number of nitrogens with zero attached hydrogens (tertiary/aromatic N) is 1. The van der Waals surface area contributed by atoms with Crippen molar-refractivity contribution in [3.05, 3.63) is 47.5 Å². The monoisotopic (exact) mass is 333 g/mol. The number of urea groups is 1. The molecule has 0 aliphatic rings. The topological polar surface area (TPSA) is 63.2 Å². The number of anilines is 2. The van der Waals surface area contributed by atoms with Crippen LogP contribution in [-0.4, -0.2) is 18.1 Å². The maximum atomic E-state index is 12.0. The lowest BCUT2D eigenvalue weighted by atomic mass is 10.3. The second-order valence-corrected chi connectivity index (χ2v) is 5.91. The summed E-state index contributed by atoms with van der Waals surface area (Å²) in [6.07, 6.45) is 0. The summed E-state index contributed by atoms with van der Waals surface area (Å²) in [5.41, 5.74) is 1.43. The molecule has 1 aromatic heterocycles. The zero-order valence-corrected chi connectivity index (χ0v) is 13.2. The molecule has 0 spiro atoms. The number of rotatable bonds is 3. The first kappa shape index (κ1) is 14.6. The highest BCUT2D eigenvalue weighted by Crippen LogP contribution is 2.29. The zero-order valence-electron chi connectivity index (χ0n) is 11.6. The number of nitrogens with one attached hydrogen (secondary N) is 2. The Morgan fingerprint density at radius 3 is 2.86 bits per heavy atom. The molecule has 7 heteroatoms. The Balaban J connectivity index is 1.73. The van der Waals surface area contributed by atoms with Crippen LogP contribution in [0.1, 0.15) is 0 Å². The number of carbonyl (C=O) groups is 1. The Morgan fingerprint density at radius 1 is 1.23 bits per heavy atom. The molecule has 2 aromatic carbocycles. The first-order valence-corrected chi connectivity index (χ1v) is 7.61. The van der Waals surface area contributed by atoms with E-state index in [0.717, 1.165) is 16.0 Å². The first-order chi connectivity index (χ1) is 10.6. The third-order valence-corrected chi connectivity index (χ3v) is 4.07. The van der Waals surface area contributed by atoms with Crippen LogP contribution in [0.15, 0.2) is 42.5 Å². The number of benzene rings is 2. The number of hydrogen-bond donors (Lipinski definition) is 2. The number of ether oxygens (including phenoxy) is 1. The van der Waals surface area contributed by atoms with Gasteiger partial charge in [-0.05, 0) is 36.4 Å². The van der Waals surface area contributed by atoms with E-state index in [1.807, 2.05) is 18.2 Å². The van der Waals surface area contributed by atoms with Crippen LogP contribution in [-0.2, 0) is 0 Å². The van der Waals surface area contributed by atoms with Gasteiger partial charge >= 0.3 is 6.03 Å². The van der Waals surface area contributed by atoms with Crippen molar-refractivity contribution in [1.29, 1.82) is 0 Å². The lowest BCUT2D eigenvalue weighted by molar-refractivity contribution is 0.262. The van der Waals surface area contributed by atoms with Gasteiger partial charge in [0.15, 0.2) is 5.13 Å². The minimum atomic E-state index is -0.367. The molecule has 0 bridgehead atoms. The summed E-state index contributed by atoms with van der Waals surface area (Å²) >= 11 is 7.26. The second kappa shape index (κ2) is 6.21. The molecule has 0 saturated carbocycles. The molecule has 0 aliphatic carbocycles. The van der Waals surface area contributed by atoms with Gasteiger partial charge in [-0.3, -0.25) is 5.32 Å². The Bertz CT molecular complexity index is 835. The lowest BCUT2D eigenvalue weighted by Crippen LogP contribution is -2.19. The highest BCUT2D eigenvalue weighted by Gasteiger charge is 2.09. The van der Waals surface area contributed by atoms with Crippen LogP contribution >= 0.6 is 22.9 Å². The van der Waals surface area contributed by atoms with Crippen LogP contribution in [0.4, 0.5) is 15.6 Å². The highest BCUT2D eigenvalue weighted by atomic mass is 35.5. The third-order valence-electron chi connectivity index (χ3n) is 2.90. The fourth-order valence-electron chi connectivity index (χ4n) is 1.91. The molecule has 1 heterocycles. The van der Waals surface area contributed by atoms with Crippen molar-refractivity contribution < 1.29 is 9.53 Å². The molecule has 2 N–H and O–H groups in total. The minimum Gasteiger partial charge on any atom is -0.497 e. The molecule has 5 nitrogen and oxygen atoms in total. The maximum absolute atomic E-state index is 12.0. The van der Waals surface area contributed by atoms with Crippen molar-refractivity contribution in [2.75, 3.05) is 17.7 Å². The van der Waals surface area contributed by atoms with Crippen molar-refractivity contribution in [3.8, 4) is 5.75 Å². The number of halogens is 1. The van der Waals surface area contributed by atoms with Crippen molar-refractivity contribution in [1.82, 2.24) is 4.98 Å². The van der Waals surface area contributed by atoms with Gasteiger partial charge in [-0.15, -0.1) is 0 Å². The highest BCUT2D eigenvalue weighted by molar-refractivity contribution is 7.22. The largest absolute Gasteiger partial charge is 0.497 e. The number of thiazole rings is 1. The van der Waals surface area contributed by atoms with Gasteiger partial charge < -0.3 is 10.1 Å². The van der Waals surface area contributed by atoms with E-state index in [0.29, 0.717) is 15.8 Å². The molecule has 22 heavy (non-hydrogen) atoms. The Labute approximate surface area is 135 Å². The fourth-order valence-corrected chi connectivity index (χ4v) is 2.99. The van der Waals surface area contributed by atoms with Crippen LogP contribution in [0, 0.1) is 0 Å². The van der Waals surface area contributed by atoms with Crippen LogP contribution in [0.25, 0.3) is 10.2 Å². The van der Waals surface area contributed by atoms with Gasteiger partial charge in [0, 0.05) is 10.7 Å². The summed E-state index contributed by atoms with van der Waals surface area (Å²) in [6, 6.07) is 12.1. The normalized spacial score (nSPS) is 10.5. The van der Waals surface area contributed by atoms with Crippen molar-refractivity contribution in [2.24, 2.45) is 0 Å². The molecular weight excluding hydrogens is 322 g/mol. The van der Waals surface area contributed by atoms with Crippen molar-refractivity contribution in [3.63, 3.8) is 0 Å². The van der Waals surface area contributed by atoms with Crippen molar-refractivity contribution >= 4 is 50.0 Å². The number of aromatic nitrogens is 1. The second-order valence-electron chi connectivity index (χ2n) is 4.44. The molecule has 0 fully saturated rings. The van der Waals surface area contributed by atoms with Gasteiger partial charge in [0.25, 0.3) is 0 Å². The maximum Gasteiger partial charge on any atom is 0.325 e. The van der Waals surface area contributed by atoms with Gasteiger partial charge in [-0.2, -0.15) is 0 Å². The summed E-state index contributed by atoms with van der Waals surface area (Å²) < 4.78 is 6.11. The quantitative estimate of drug-likeness (QED) is 0.736. The Morgan fingerprint density at radius 2 is 2.09 bits per heavy atom. The summed E-state index contributed by atoms with van der Waals surface area (Å²) in [5.74, 6) is 0.756. The zero-order chi connectivity index (χ0) is 15.5. The fraction of sp³-hybridized carbons (Fsp3) is 0.0667. The predicted molar refractivity (Wildman–Crippen MR) is 90.3 cm³/mol. The Hall–Kier alpha value is -2.31. The average Bonchev–Trinajstić information content (AvgIpc) is 2.87. The van der Waals surface area contributed by atoms with E-state index in [1.54, 1.807) is 31.4 Å². The van der Waals surface area contributed by atoms with Gasteiger partial charge in [-0.25, -0.2) is 9.78 Å². The molecule has 2 amide bonds. The third kappa shape index (κ3) is 3.29. The molecule has 0 unspecified atom stereocenters. The summed E-state index contributed by atoms with van der Waals surface area (Å²) in [4.78, 5) is 16.3. The van der Waals surface area contributed by atoms with E-state index in [-0.39, 0.29) is 6.03 Å². The molecule has 3 aromatic rings. The predicted octanol–water partition coefficient (Wildman–Crippen LogP) is 4.60. The summed E-state index contributed by atoms with van der Waals surface area (Å²) in [6.45, 7) is 0. The van der Waals surface area contributed by atoms with Crippen molar-refractivity contribution in [2.45, 2.75) is 0 Å². The summed E-state index contributed by atoms with van der Waals surface area (Å²) in [7, 11) is 1.61. The number of hydrogen-bond acceptors (Lipinski definition) is 4. The number of carbonyl (C=O) groups excluding carboxylic acids is 1. The van der Waals surface area contributed by atoms with Crippen LogP contribution in [0.2, 0.25) is 5.02 Å². The first-order valence-electron chi connectivity index (χ1n) is 6.42. The summed E-state index contributed by atoms with van der Waals surface area (Å²) in [5, 5.41) is 6.49. The Kier molecular flexibility index (Phi) is 4.13. The minimum absolute atomic E-state index is 0.367. The molecule has 0 saturated heterocycles. The smallest absolute Gasteiger partial charge is 0.325 e. The number of methoxy groups -OCH3 is 1. The standard InChI is InChI=1S/C15H12ClN3O2S/c1-21-11-5-6-12-13(8-11)22-15(18-12)19-14(20)17-10-4-2-3-9(16)7-10/h2-8H,1H3,(H2,17,18,19,20). The van der Waals surface area contributed by atoms with Gasteiger partial charge in [-0.1, -0.05) is 29.0 Å².